The molecule has 4 heteroatoms. The second kappa shape index (κ2) is 7.29. The Balaban J connectivity index is 1.93. The van der Waals surface area contributed by atoms with Crippen molar-refractivity contribution in [2.75, 3.05) is 6.61 Å². The van der Waals surface area contributed by atoms with Crippen LogP contribution < -0.4 is 9.47 Å². The molecule has 2 aromatic rings. The normalized spacial score (nSPS) is 10.3. The summed E-state index contributed by atoms with van der Waals surface area (Å²) in [5, 5.41) is 0. The maximum Gasteiger partial charge on any atom is 0.130 e. The molecule has 0 aromatic heterocycles. The Morgan fingerprint density at radius 1 is 1.00 bits per heavy atom. The molecule has 0 atom stereocenters. The molecular weight excluding hydrogens is 323 g/mol. The number of benzene rings is 2. The Labute approximate surface area is 126 Å². The molecule has 0 aliphatic rings. The third-order valence-corrected chi connectivity index (χ3v) is 3.20. The number of ether oxygens (including phenoxy) is 2. The molecule has 0 unspecified atom stereocenters. The first kappa shape index (κ1) is 14.9. The van der Waals surface area contributed by atoms with Crippen LogP contribution in [-0.2, 0) is 6.61 Å². The van der Waals surface area contributed by atoms with Crippen molar-refractivity contribution in [3.05, 3.63) is 58.3 Å². The molecule has 0 N–H and O–H groups in total. The zero-order valence-corrected chi connectivity index (χ0v) is 12.8. The Kier molecular flexibility index (Phi) is 5.41. The van der Waals surface area contributed by atoms with E-state index in [0.717, 1.165) is 16.6 Å². The van der Waals surface area contributed by atoms with Crippen LogP contribution >= 0.6 is 15.9 Å². The van der Waals surface area contributed by atoms with Crippen LogP contribution in [0.3, 0.4) is 0 Å². The van der Waals surface area contributed by atoms with Gasteiger partial charge in [0, 0.05) is 10.0 Å². The van der Waals surface area contributed by atoms with Crippen LogP contribution in [0.1, 0.15) is 18.9 Å². The predicted octanol–water partition coefficient (Wildman–Crippen LogP) is 4.96. The van der Waals surface area contributed by atoms with Gasteiger partial charge in [0.1, 0.15) is 23.9 Å². The first-order valence-electron chi connectivity index (χ1n) is 6.48. The third-order valence-electron chi connectivity index (χ3n) is 2.71. The van der Waals surface area contributed by atoms with E-state index >= 15 is 0 Å². The molecule has 0 aliphatic carbocycles. The predicted molar refractivity (Wildman–Crippen MR) is 80.7 cm³/mol. The van der Waals surface area contributed by atoms with Gasteiger partial charge >= 0.3 is 0 Å². The second-order valence-electron chi connectivity index (χ2n) is 4.34. The summed E-state index contributed by atoms with van der Waals surface area (Å²) in [7, 11) is 0. The van der Waals surface area contributed by atoms with Gasteiger partial charge in [-0.3, -0.25) is 0 Å². The standard InChI is InChI=1S/C16H16BrFO2/c1-2-9-19-14-5-7-15(8-6-14)20-11-12-3-4-13(17)10-16(12)18/h3-8,10H,2,9,11H2,1H3. The Bertz CT molecular complexity index is 555. The molecule has 0 spiro atoms. The quantitative estimate of drug-likeness (QED) is 0.741. The summed E-state index contributed by atoms with van der Waals surface area (Å²) in [6.45, 7) is 2.96. The fraction of sp³-hybridized carbons (Fsp3) is 0.250. The van der Waals surface area contributed by atoms with Crippen molar-refractivity contribution < 1.29 is 13.9 Å². The smallest absolute Gasteiger partial charge is 0.130 e. The lowest BCUT2D eigenvalue weighted by molar-refractivity contribution is 0.296. The molecule has 106 valence electrons. The lowest BCUT2D eigenvalue weighted by Crippen LogP contribution is -1.99. The topological polar surface area (TPSA) is 18.5 Å². The van der Waals surface area contributed by atoms with Crippen molar-refractivity contribution in [2.24, 2.45) is 0 Å². The summed E-state index contributed by atoms with van der Waals surface area (Å²) in [5.41, 5.74) is 0.527. The lowest BCUT2D eigenvalue weighted by Gasteiger charge is -2.09. The van der Waals surface area contributed by atoms with E-state index in [4.69, 9.17) is 9.47 Å². The highest BCUT2D eigenvalue weighted by molar-refractivity contribution is 9.10. The average Bonchev–Trinajstić information content (AvgIpc) is 2.45. The number of hydrogen-bond donors (Lipinski definition) is 0. The molecule has 0 aliphatic heterocycles. The van der Waals surface area contributed by atoms with E-state index in [9.17, 15) is 4.39 Å². The minimum absolute atomic E-state index is 0.203. The minimum atomic E-state index is -0.276. The van der Waals surface area contributed by atoms with E-state index in [1.54, 1.807) is 12.1 Å². The third kappa shape index (κ3) is 4.23. The molecule has 0 saturated carbocycles. The summed E-state index contributed by atoms with van der Waals surface area (Å²) < 4.78 is 25.4. The van der Waals surface area contributed by atoms with Crippen LogP contribution in [0.4, 0.5) is 4.39 Å². The van der Waals surface area contributed by atoms with Gasteiger partial charge in [0.15, 0.2) is 0 Å². The maximum absolute atomic E-state index is 13.6. The fourth-order valence-corrected chi connectivity index (χ4v) is 1.98. The van der Waals surface area contributed by atoms with Gasteiger partial charge in [-0.05, 0) is 42.8 Å². The molecule has 0 saturated heterocycles. The van der Waals surface area contributed by atoms with Crippen molar-refractivity contribution in [1.29, 1.82) is 0 Å². The molecule has 2 rings (SSSR count). The van der Waals surface area contributed by atoms with Crippen LogP contribution in [0, 0.1) is 5.82 Å². The molecular formula is C16H16BrFO2. The van der Waals surface area contributed by atoms with Gasteiger partial charge in [-0.25, -0.2) is 4.39 Å². The first-order chi connectivity index (χ1) is 9.69. The lowest BCUT2D eigenvalue weighted by atomic mass is 10.2. The van der Waals surface area contributed by atoms with Crippen molar-refractivity contribution >= 4 is 15.9 Å². The molecule has 0 radical (unpaired) electrons. The highest BCUT2D eigenvalue weighted by Gasteiger charge is 2.04. The van der Waals surface area contributed by atoms with Gasteiger partial charge in [-0.2, -0.15) is 0 Å². The molecule has 0 fully saturated rings. The van der Waals surface area contributed by atoms with Gasteiger partial charge in [-0.15, -0.1) is 0 Å². The van der Waals surface area contributed by atoms with Gasteiger partial charge < -0.3 is 9.47 Å². The van der Waals surface area contributed by atoms with Crippen LogP contribution in [0.25, 0.3) is 0 Å². The maximum atomic E-state index is 13.6. The Morgan fingerprint density at radius 2 is 1.65 bits per heavy atom. The number of hydrogen-bond acceptors (Lipinski definition) is 2. The monoisotopic (exact) mass is 338 g/mol. The highest BCUT2D eigenvalue weighted by Crippen LogP contribution is 2.20. The van der Waals surface area contributed by atoms with Gasteiger partial charge in [-0.1, -0.05) is 28.9 Å². The fourth-order valence-electron chi connectivity index (χ4n) is 1.65. The van der Waals surface area contributed by atoms with E-state index in [0.29, 0.717) is 17.9 Å². The summed E-state index contributed by atoms with van der Waals surface area (Å²) in [6.07, 6.45) is 0.973. The molecule has 20 heavy (non-hydrogen) atoms. The average molecular weight is 339 g/mol. The molecule has 0 heterocycles. The zero-order valence-electron chi connectivity index (χ0n) is 11.2. The van der Waals surface area contributed by atoms with E-state index in [1.807, 2.05) is 24.3 Å². The molecule has 2 aromatic carbocycles. The highest BCUT2D eigenvalue weighted by atomic mass is 79.9. The van der Waals surface area contributed by atoms with Crippen LogP contribution in [0.15, 0.2) is 46.9 Å². The summed E-state index contributed by atoms with van der Waals surface area (Å²) in [5.74, 6) is 1.23. The van der Waals surface area contributed by atoms with Crippen molar-refractivity contribution in [2.45, 2.75) is 20.0 Å². The van der Waals surface area contributed by atoms with E-state index in [2.05, 4.69) is 22.9 Å². The van der Waals surface area contributed by atoms with E-state index in [1.165, 1.54) is 6.07 Å². The van der Waals surface area contributed by atoms with Crippen LogP contribution in [0.5, 0.6) is 11.5 Å². The molecule has 0 bridgehead atoms. The first-order valence-corrected chi connectivity index (χ1v) is 7.28. The van der Waals surface area contributed by atoms with E-state index in [-0.39, 0.29) is 12.4 Å². The van der Waals surface area contributed by atoms with Gasteiger partial charge in [0.25, 0.3) is 0 Å². The molecule has 0 amide bonds. The summed E-state index contributed by atoms with van der Waals surface area (Å²) in [4.78, 5) is 0. The van der Waals surface area contributed by atoms with Crippen molar-refractivity contribution in [1.82, 2.24) is 0 Å². The Morgan fingerprint density at radius 3 is 2.25 bits per heavy atom. The van der Waals surface area contributed by atoms with Crippen LogP contribution in [0.2, 0.25) is 0 Å². The Hall–Kier alpha value is -1.55. The van der Waals surface area contributed by atoms with Crippen molar-refractivity contribution in [3.8, 4) is 11.5 Å². The van der Waals surface area contributed by atoms with Gasteiger partial charge in [0.05, 0.1) is 6.61 Å². The molecule has 2 nitrogen and oxygen atoms in total. The second-order valence-corrected chi connectivity index (χ2v) is 5.26. The summed E-state index contributed by atoms with van der Waals surface area (Å²) in [6, 6.07) is 12.3. The number of rotatable bonds is 6. The van der Waals surface area contributed by atoms with Crippen molar-refractivity contribution in [3.63, 3.8) is 0 Å². The SMILES string of the molecule is CCCOc1ccc(OCc2ccc(Br)cc2F)cc1. The zero-order chi connectivity index (χ0) is 14.4. The van der Waals surface area contributed by atoms with E-state index < -0.39 is 0 Å². The largest absolute Gasteiger partial charge is 0.494 e. The number of halogens is 2. The minimum Gasteiger partial charge on any atom is -0.494 e. The van der Waals surface area contributed by atoms with Crippen LogP contribution in [-0.4, -0.2) is 6.61 Å². The summed E-state index contributed by atoms with van der Waals surface area (Å²) >= 11 is 3.23. The van der Waals surface area contributed by atoms with Gasteiger partial charge in [0.2, 0.25) is 0 Å².